The Bertz CT molecular complexity index is 1080. The van der Waals surface area contributed by atoms with E-state index in [0.717, 1.165) is 66.6 Å². The predicted molar refractivity (Wildman–Crippen MR) is 118 cm³/mol. The van der Waals surface area contributed by atoms with Gasteiger partial charge in [0.05, 0.1) is 12.1 Å². The van der Waals surface area contributed by atoms with Crippen LogP contribution in [0.2, 0.25) is 0 Å². The third kappa shape index (κ3) is 4.53. The van der Waals surface area contributed by atoms with Crippen LogP contribution in [0, 0.1) is 0 Å². The Balaban J connectivity index is 1.25. The van der Waals surface area contributed by atoms with Gasteiger partial charge in [-0.3, -0.25) is 14.9 Å². The molecule has 2 saturated heterocycles. The molecule has 3 heterocycles. The third-order valence-corrected chi connectivity index (χ3v) is 7.51. The number of nitrogens with one attached hydrogen (secondary N) is 1. The number of nitrogens with zero attached hydrogens (tertiary/aromatic N) is 2. The second-order valence-electron chi connectivity index (χ2n) is 8.55. The standard InChI is InChI=1S/C23H22F3N3O3S/c24-23(25,26)14-4-8-19(27-11-14)29-9-1-2-16(12-29)32-15-5-7-17-13(10-15)3-6-18(17)20-21(30)28-22(31)33-20/h4-5,7-8,10-11,16,18,20H,1-3,6,9,12H2,(H,28,30,31)/t16?,18-,20?/m1/s1. The van der Waals surface area contributed by atoms with Crippen molar-refractivity contribution in [3.05, 3.63) is 53.2 Å². The average Bonchev–Trinajstić information content (AvgIpc) is 3.35. The summed E-state index contributed by atoms with van der Waals surface area (Å²) in [5, 5.41) is 1.69. The Morgan fingerprint density at radius 1 is 1.15 bits per heavy atom. The lowest BCUT2D eigenvalue weighted by Crippen LogP contribution is -2.41. The number of carbonyl (C=O) groups excluding carboxylic acids is 2. The molecule has 2 aromatic rings. The Morgan fingerprint density at radius 2 is 2.00 bits per heavy atom. The van der Waals surface area contributed by atoms with E-state index in [0.29, 0.717) is 18.9 Å². The van der Waals surface area contributed by atoms with Crippen LogP contribution in [0.4, 0.5) is 23.8 Å². The molecule has 0 saturated carbocycles. The van der Waals surface area contributed by atoms with E-state index in [-0.39, 0.29) is 28.4 Å². The summed E-state index contributed by atoms with van der Waals surface area (Å²) in [6.07, 6.45) is -0.308. The Morgan fingerprint density at radius 3 is 2.70 bits per heavy atom. The number of aryl methyl sites for hydroxylation is 1. The fourth-order valence-electron chi connectivity index (χ4n) is 4.83. The second-order valence-corrected chi connectivity index (χ2v) is 9.67. The zero-order valence-electron chi connectivity index (χ0n) is 17.6. The van der Waals surface area contributed by atoms with Crippen molar-refractivity contribution >= 4 is 28.7 Å². The molecule has 3 aliphatic rings. The number of thioether (sulfide) groups is 1. The van der Waals surface area contributed by atoms with Gasteiger partial charge in [-0.1, -0.05) is 17.8 Å². The summed E-state index contributed by atoms with van der Waals surface area (Å²) >= 11 is 1.06. The molecule has 6 nitrogen and oxygen atoms in total. The molecule has 3 atom stereocenters. The van der Waals surface area contributed by atoms with Gasteiger partial charge in [0.1, 0.15) is 22.9 Å². The molecular formula is C23H22F3N3O3S. The number of amides is 2. The largest absolute Gasteiger partial charge is 0.489 e. The minimum atomic E-state index is -4.40. The van der Waals surface area contributed by atoms with Crippen molar-refractivity contribution in [3.8, 4) is 5.75 Å². The monoisotopic (exact) mass is 477 g/mol. The summed E-state index contributed by atoms with van der Waals surface area (Å²) in [4.78, 5) is 29.6. The van der Waals surface area contributed by atoms with Gasteiger partial charge in [-0.05, 0) is 61.1 Å². The molecule has 0 radical (unpaired) electrons. The van der Waals surface area contributed by atoms with E-state index in [2.05, 4.69) is 10.3 Å². The normalized spacial score (nSPS) is 25.2. The first-order valence-electron chi connectivity index (χ1n) is 10.9. The first-order chi connectivity index (χ1) is 15.8. The van der Waals surface area contributed by atoms with Crippen LogP contribution in [-0.4, -0.2) is 40.6 Å². The number of carbonyl (C=O) groups is 2. The number of aromatic nitrogens is 1. The van der Waals surface area contributed by atoms with E-state index in [1.165, 1.54) is 6.07 Å². The van der Waals surface area contributed by atoms with Crippen molar-refractivity contribution in [1.82, 2.24) is 10.3 Å². The Hall–Kier alpha value is -2.75. The van der Waals surface area contributed by atoms with E-state index >= 15 is 0 Å². The molecule has 1 aromatic carbocycles. The lowest BCUT2D eigenvalue weighted by molar-refractivity contribution is -0.137. The molecule has 2 fully saturated rings. The number of anilines is 1. The number of halogens is 3. The highest BCUT2D eigenvalue weighted by molar-refractivity contribution is 8.15. The number of rotatable bonds is 4. The van der Waals surface area contributed by atoms with E-state index in [1.807, 2.05) is 23.1 Å². The van der Waals surface area contributed by atoms with Crippen LogP contribution in [0.1, 0.15) is 41.9 Å². The fraction of sp³-hybridized carbons (Fsp3) is 0.435. The summed E-state index contributed by atoms with van der Waals surface area (Å²) in [5.74, 6) is 1.04. The van der Waals surface area contributed by atoms with Crippen molar-refractivity contribution in [2.75, 3.05) is 18.0 Å². The molecule has 1 N–H and O–H groups in total. The number of hydrogen-bond acceptors (Lipinski definition) is 6. The number of pyridine rings is 1. The summed E-state index contributed by atoms with van der Waals surface area (Å²) < 4.78 is 44.6. The van der Waals surface area contributed by atoms with Crippen LogP contribution >= 0.6 is 11.8 Å². The van der Waals surface area contributed by atoms with E-state index < -0.39 is 11.7 Å². The van der Waals surface area contributed by atoms with Crippen LogP contribution in [0.3, 0.4) is 0 Å². The molecule has 0 spiro atoms. The molecule has 33 heavy (non-hydrogen) atoms. The molecule has 1 aliphatic carbocycles. The van der Waals surface area contributed by atoms with Crippen molar-refractivity contribution < 1.29 is 27.5 Å². The molecule has 10 heteroatoms. The maximum atomic E-state index is 12.8. The second kappa shape index (κ2) is 8.55. The van der Waals surface area contributed by atoms with Crippen molar-refractivity contribution in [2.24, 2.45) is 0 Å². The minimum absolute atomic E-state index is 0.0152. The van der Waals surface area contributed by atoms with Crippen molar-refractivity contribution in [1.29, 1.82) is 0 Å². The summed E-state index contributed by atoms with van der Waals surface area (Å²) in [6, 6.07) is 8.34. The summed E-state index contributed by atoms with van der Waals surface area (Å²) in [5.41, 5.74) is 1.46. The number of piperidine rings is 1. The van der Waals surface area contributed by atoms with Gasteiger partial charge in [-0.2, -0.15) is 13.2 Å². The summed E-state index contributed by atoms with van der Waals surface area (Å²) in [7, 11) is 0. The fourth-order valence-corrected chi connectivity index (χ4v) is 5.83. The van der Waals surface area contributed by atoms with E-state index in [1.54, 1.807) is 0 Å². The summed E-state index contributed by atoms with van der Waals surface area (Å²) in [6.45, 7) is 1.25. The molecule has 174 valence electrons. The molecule has 2 unspecified atom stereocenters. The van der Waals surface area contributed by atoms with Crippen LogP contribution in [0.5, 0.6) is 5.75 Å². The van der Waals surface area contributed by atoms with Gasteiger partial charge in [-0.15, -0.1) is 0 Å². The molecule has 5 rings (SSSR count). The van der Waals surface area contributed by atoms with Crippen molar-refractivity contribution in [2.45, 2.75) is 49.1 Å². The maximum Gasteiger partial charge on any atom is 0.417 e. The maximum absolute atomic E-state index is 12.8. The van der Waals surface area contributed by atoms with Crippen LogP contribution < -0.4 is 15.0 Å². The molecular weight excluding hydrogens is 455 g/mol. The van der Waals surface area contributed by atoms with Gasteiger partial charge in [0.2, 0.25) is 5.91 Å². The number of imide groups is 1. The first kappa shape index (κ1) is 22.1. The third-order valence-electron chi connectivity index (χ3n) is 6.40. The smallest absolute Gasteiger partial charge is 0.417 e. The average molecular weight is 478 g/mol. The van der Waals surface area contributed by atoms with Gasteiger partial charge < -0.3 is 9.64 Å². The minimum Gasteiger partial charge on any atom is -0.489 e. The molecule has 2 amide bonds. The molecule has 0 bridgehead atoms. The molecule has 2 aliphatic heterocycles. The van der Waals surface area contributed by atoms with Crippen LogP contribution in [-0.2, 0) is 17.4 Å². The van der Waals surface area contributed by atoms with Gasteiger partial charge in [0, 0.05) is 18.7 Å². The quantitative estimate of drug-likeness (QED) is 0.698. The number of benzene rings is 1. The number of alkyl halides is 3. The van der Waals surface area contributed by atoms with Gasteiger partial charge in [0.15, 0.2) is 0 Å². The number of ether oxygens (including phenoxy) is 1. The van der Waals surface area contributed by atoms with Gasteiger partial charge in [-0.25, -0.2) is 4.98 Å². The van der Waals surface area contributed by atoms with Gasteiger partial charge >= 0.3 is 6.18 Å². The Kier molecular flexibility index (Phi) is 5.72. The zero-order valence-corrected chi connectivity index (χ0v) is 18.4. The van der Waals surface area contributed by atoms with E-state index in [9.17, 15) is 22.8 Å². The number of hydrogen-bond donors (Lipinski definition) is 1. The zero-order chi connectivity index (χ0) is 23.2. The highest BCUT2D eigenvalue weighted by Gasteiger charge is 2.41. The van der Waals surface area contributed by atoms with Gasteiger partial charge in [0.25, 0.3) is 5.24 Å². The SMILES string of the molecule is O=C1NC(=O)C([C@@H]2CCc3cc(OC4CCCN(c5ccc(C(F)(F)F)cn5)C4)ccc32)S1. The highest BCUT2D eigenvalue weighted by atomic mass is 32.2. The lowest BCUT2D eigenvalue weighted by atomic mass is 9.97. The van der Waals surface area contributed by atoms with E-state index in [4.69, 9.17) is 4.74 Å². The van der Waals surface area contributed by atoms with Crippen molar-refractivity contribution in [3.63, 3.8) is 0 Å². The van der Waals surface area contributed by atoms with Crippen LogP contribution in [0.15, 0.2) is 36.5 Å². The Labute approximate surface area is 192 Å². The number of fused-ring (bicyclic) bond motifs is 1. The topological polar surface area (TPSA) is 71.5 Å². The molecule has 1 aromatic heterocycles. The highest BCUT2D eigenvalue weighted by Crippen LogP contribution is 2.43. The predicted octanol–water partition coefficient (Wildman–Crippen LogP) is 4.53. The van der Waals surface area contributed by atoms with Crippen LogP contribution in [0.25, 0.3) is 0 Å². The first-order valence-corrected chi connectivity index (χ1v) is 11.7. The lowest BCUT2D eigenvalue weighted by Gasteiger charge is -2.34.